The second-order valence-corrected chi connectivity index (χ2v) is 8.51. The number of carbonyl (C=O) groups is 2. The van der Waals surface area contributed by atoms with Gasteiger partial charge in [-0.2, -0.15) is 0 Å². The zero-order valence-corrected chi connectivity index (χ0v) is 16.5. The molecule has 0 aliphatic carbocycles. The third-order valence-electron chi connectivity index (χ3n) is 6.78. The number of likely N-dealkylation sites (tertiary alicyclic amines) is 1. The molecule has 1 N–H and O–H groups in total. The Morgan fingerprint density at radius 2 is 1.68 bits per heavy atom. The van der Waals surface area contributed by atoms with Crippen LogP contribution >= 0.6 is 0 Å². The van der Waals surface area contributed by atoms with E-state index < -0.39 is 6.09 Å². The summed E-state index contributed by atoms with van der Waals surface area (Å²) in [6, 6.07) is 10.2. The van der Waals surface area contributed by atoms with Crippen molar-refractivity contribution in [3.63, 3.8) is 0 Å². The van der Waals surface area contributed by atoms with Gasteiger partial charge in [0, 0.05) is 31.6 Å². The zero-order chi connectivity index (χ0) is 19.5. The van der Waals surface area contributed by atoms with Crippen LogP contribution in [0, 0.1) is 0 Å². The lowest BCUT2D eigenvalue weighted by molar-refractivity contribution is 0.0903. The molecule has 0 spiro atoms. The molecule has 3 saturated heterocycles. The third kappa shape index (κ3) is 4.02. The predicted octanol–water partition coefficient (Wildman–Crippen LogP) is 3.98. The van der Waals surface area contributed by atoms with Crippen LogP contribution in [-0.2, 0) is 0 Å². The molecule has 6 heteroatoms. The predicted molar refractivity (Wildman–Crippen MR) is 107 cm³/mol. The standard InChI is InChI=1S/C22H31N3O3/c26-21(24-14-12-18(15-24)17-7-2-1-3-8-17)25(22(27)28)20-10-5-4-9-19-11-6-13-23(19)16-20/h1-3,7-8,18-20H,4-6,9-16H2,(H,27,28)/t18-,19?,20?/m0/s1. The third-order valence-corrected chi connectivity index (χ3v) is 6.78. The Labute approximate surface area is 167 Å². The largest absolute Gasteiger partial charge is 0.465 e. The number of carboxylic acid groups (broad SMARTS) is 1. The van der Waals surface area contributed by atoms with Crippen LogP contribution in [0.1, 0.15) is 56.4 Å². The molecule has 1 aromatic carbocycles. The number of carbonyl (C=O) groups excluding carboxylic acids is 1. The van der Waals surface area contributed by atoms with E-state index in [9.17, 15) is 14.7 Å². The van der Waals surface area contributed by atoms with Gasteiger partial charge in [0.25, 0.3) is 0 Å². The molecule has 0 bridgehead atoms. The zero-order valence-electron chi connectivity index (χ0n) is 16.5. The van der Waals surface area contributed by atoms with Gasteiger partial charge in [-0.3, -0.25) is 4.90 Å². The van der Waals surface area contributed by atoms with E-state index in [1.165, 1.54) is 24.8 Å². The first-order valence-electron chi connectivity index (χ1n) is 10.7. The summed E-state index contributed by atoms with van der Waals surface area (Å²) in [5, 5.41) is 9.90. The number of hydrogen-bond donors (Lipinski definition) is 1. The first-order chi connectivity index (χ1) is 13.6. The number of rotatable bonds is 2. The monoisotopic (exact) mass is 385 g/mol. The van der Waals surface area contributed by atoms with Crippen molar-refractivity contribution < 1.29 is 14.7 Å². The van der Waals surface area contributed by atoms with E-state index in [1.807, 2.05) is 18.2 Å². The van der Waals surface area contributed by atoms with Gasteiger partial charge in [-0.05, 0) is 44.2 Å². The van der Waals surface area contributed by atoms with Crippen molar-refractivity contribution in [2.45, 2.75) is 62.9 Å². The van der Waals surface area contributed by atoms with Gasteiger partial charge in [0.2, 0.25) is 0 Å². The summed E-state index contributed by atoms with van der Waals surface area (Å²) in [4.78, 5) is 30.6. The Kier molecular flexibility index (Phi) is 5.85. The molecule has 3 atom stereocenters. The van der Waals surface area contributed by atoms with E-state index in [4.69, 9.17) is 0 Å². The normalized spacial score (nSPS) is 28.4. The fourth-order valence-electron chi connectivity index (χ4n) is 5.27. The number of nitrogens with zero attached hydrogens (tertiary/aromatic N) is 3. The summed E-state index contributed by atoms with van der Waals surface area (Å²) >= 11 is 0. The van der Waals surface area contributed by atoms with Gasteiger partial charge < -0.3 is 10.0 Å². The smallest absolute Gasteiger partial charge is 0.415 e. The molecule has 4 rings (SSSR count). The van der Waals surface area contributed by atoms with Crippen LogP contribution in [0.5, 0.6) is 0 Å². The minimum atomic E-state index is -1.10. The lowest BCUT2D eigenvalue weighted by Crippen LogP contribution is -2.54. The quantitative estimate of drug-likeness (QED) is 0.836. The fraction of sp³-hybridized carbons (Fsp3) is 0.636. The average Bonchev–Trinajstić information content (AvgIpc) is 3.33. The highest BCUT2D eigenvalue weighted by molar-refractivity contribution is 5.90. The Morgan fingerprint density at radius 1 is 0.929 bits per heavy atom. The van der Waals surface area contributed by atoms with Crippen molar-refractivity contribution >= 4 is 12.1 Å². The van der Waals surface area contributed by atoms with Crippen LogP contribution < -0.4 is 0 Å². The summed E-state index contributed by atoms with van der Waals surface area (Å²) in [5.41, 5.74) is 1.23. The van der Waals surface area contributed by atoms with Crippen molar-refractivity contribution in [3.05, 3.63) is 35.9 Å². The van der Waals surface area contributed by atoms with E-state index >= 15 is 0 Å². The molecule has 3 aliphatic heterocycles. The van der Waals surface area contributed by atoms with E-state index in [2.05, 4.69) is 17.0 Å². The van der Waals surface area contributed by atoms with E-state index in [-0.39, 0.29) is 12.1 Å². The Balaban J connectivity index is 1.46. The first kappa shape index (κ1) is 19.2. The summed E-state index contributed by atoms with van der Waals surface area (Å²) in [7, 11) is 0. The molecule has 3 fully saturated rings. The Morgan fingerprint density at radius 3 is 2.46 bits per heavy atom. The summed E-state index contributed by atoms with van der Waals surface area (Å²) in [5.74, 6) is 0.293. The molecule has 2 unspecified atom stereocenters. The highest BCUT2D eigenvalue weighted by Gasteiger charge is 2.39. The molecule has 0 radical (unpaired) electrons. The van der Waals surface area contributed by atoms with Crippen molar-refractivity contribution in [1.82, 2.24) is 14.7 Å². The molecular formula is C22H31N3O3. The second kappa shape index (κ2) is 8.52. The van der Waals surface area contributed by atoms with Crippen molar-refractivity contribution in [3.8, 4) is 0 Å². The molecule has 3 aliphatic rings. The minimum Gasteiger partial charge on any atom is -0.465 e. The summed E-state index contributed by atoms with van der Waals surface area (Å²) in [6.07, 6.45) is 6.28. The lowest BCUT2D eigenvalue weighted by Gasteiger charge is -2.37. The molecule has 3 amide bonds. The molecule has 0 aromatic heterocycles. The summed E-state index contributed by atoms with van der Waals surface area (Å²) < 4.78 is 0. The van der Waals surface area contributed by atoms with Crippen LogP contribution in [0.4, 0.5) is 9.59 Å². The number of benzene rings is 1. The highest BCUT2D eigenvalue weighted by Crippen LogP contribution is 2.30. The van der Waals surface area contributed by atoms with E-state index in [1.54, 1.807) is 4.90 Å². The van der Waals surface area contributed by atoms with Crippen LogP contribution in [-0.4, -0.2) is 70.2 Å². The van der Waals surface area contributed by atoms with Crippen LogP contribution in [0.25, 0.3) is 0 Å². The number of imide groups is 1. The van der Waals surface area contributed by atoms with E-state index in [0.29, 0.717) is 31.6 Å². The van der Waals surface area contributed by atoms with Crippen molar-refractivity contribution in [2.75, 3.05) is 26.2 Å². The lowest BCUT2D eigenvalue weighted by atomic mass is 9.98. The van der Waals surface area contributed by atoms with Gasteiger partial charge in [0.1, 0.15) is 0 Å². The Bertz CT molecular complexity index is 696. The first-order valence-corrected chi connectivity index (χ1v) is 10.7. The number of urea groups is 1. The van der Waals surface area contributed by atoms with Crippen molar-refractivity contribution in [2.24, 2.45) is 0 Å². The van der Waals surface area contributed by atoms with Gasteiger partial charge in [-0.25, -0.2) is 14.5 Å². The molecule has 3 heterocycles. The maximum atomic E-state index is 13.2. The molecular weight excluding hydrogens is 354 g/mol. The number of hydrogen-bond acceptors (Lipinski definition) is 3. The van der Waals surface area contributed by atoms with Gasteiger partial charge in [0.15, 0.2) is 0 Å². The van der Waals surface area contributed by atoms with Crippen molar-refractivity contribution in [1.29, 1.82) is 0 Å². The molecule has 28 heavy (non-hydrogen) atoms. The summed E-state index contributed by atoms with van der Waals surface area (Å²) in [6.45, 7) is 2.95. The topological polar surface area (TPSA) is 64.1 Å². The van der Waals surface area contributed by atoms with Gasteiger partial charge >= 0.3 is 12.1 Å². The van der Waals surface area contributed by atoms with Gasteiger partial charge in [-0.15, -0.1) is 0 Å². The van der Waals surface area contributed by atoms with Crippen LogP contribution in [0.3, 0.4) is 0 Å². The SMILES string of the molecule is O=C(O)N(C(=O)N1CC[C@H](c2ccccc2)C1)C1CCCCC2CCCN2C1. The second-order valence-electron chi connectivity index (χ2n) is 8.51. The highest BCUT2D eigenvalue weighted by atomic mass is 16.4. The molecule has 1 aromatic rings. The number of fused-ring (bicyclic) bond motifs is 1. The van der Waals surface area contributed by atoms with Crippen LogP contribution in [0.15, 0.2) is 30.3 Å². The van der Waals surface area contributed by atoms with Gasteiger partial charge in [0.05, 0.1) is 6.04 Å². The minimum absolute atomic E-state index is 0.235. The molecule has 6 nitrogen and oxygen atoms in total. The van der Waals surface area contributed by atoms with E-state index in [0.717, 1.165) is 37.1 Å². The Hall–Kier alpha value is -2.08. The average molecular weight is 386 g/mol. The van der Waals surface area contributed by atoms with Crippen LogP contribution in [0.2, 0.25) is 0 Å². The van der Waals surface area contributed by atoms with Gasteiger partial charge in [-0.1, -0.05) is 43.2 Å². The fourth-order valence-corrected chi connectivity index (χ4v) is 5.27. The molecule has 0 saturated carbocycles. The number of amides is 3. The maximum absolute atomic E-state index is 13.2. The molecule has 152 valence electrons. The maximum Gasteiger partial charge on any atom is 0.415 e.